The smallest absolute Gasteiger partial charge is 0.182 e. The Morgan fingerprint density at radius 2 is 2.25 bits per heavy atom. The van der Waals surface area contributed by atoms with E-state index in [-0.39, 0.29) is 5.82 Å². The van der Waals surface area contributed by atoms with Crippen LogP contribution in [0.15, 0.2) is 22.7 Å². The van der Waals surface area contributed by atoms with Crippen LogP contribution in [-0.4, -0.2) is 26.8 Å². The first-order valence-corrected chi connectivity index (χ1v) is 5.43. The number of aromatic nitrogens is 4. The summed E-state index contributed by atoms with van der Waals surface area (Å²) < 4.78 is 15.0. The SMILES string of the molecule is NCCn1nnnc1-c1ccc(F)c(Br)c1. The zero-order chi connectivity index (χ0) is 11.5. The lowest BCUT2D eigenvalue weighted by molar-refractivity contribution is 0.602. The van der Waals surface area contributed by atoms with Crippen LogP contribution in [0.4, 0.5) is 4.39 Å². The monoisotopic (exact) mass is 285 g/mol. The van der Waals surface area contributed by atoms with Gasteiger partial charge in [0.1, 0.15) is 5.82 Å². The lowest BCUT2D eigenvalue weighted by Crippen LogP contribution is -2.12. The normalized spacial score (nSPS) is 10.7. The first kappa shape index (κ1) is 11.2. The zero-order valence-electron chi connectivity index (χ0n) is 8.27. The van der Waals surface area contributed by atoms with Gasteiger partial charge in [-0.3, -0.25) is 0 Å². The third-order valence-electron chi connectivity index (χ3n) is 2.05. The van der Waals surface area contributed by atoms with Gasteiger partial charge >= 0.3 is 0 Å². The maximum absolute atomic E-state index is 13.1. The van der Waals surface area contributed by atoms with E-state index in [0.29, 0.717) is 23.4 Å². The number of hydrogen-bond acceptors (Lipinski definition) is 4. The molecule has 5 nitrogen and oxygen atoms in total. The Balaban J connectivity index is 2.42. The van der Waals surface area contributed by atoms with Crippen LogP contribution in [-0.2, 0) is 6.54 Å². The summed E-state index contributed by atoms with van der Waals surface area (Å²) in [5.41, 5.74) is 6.18. The predicted octanol–water partition coefficient (Wildman–Crippen LogP) is 1.20. The molecule has 0 unspecified atom stereocenters. The molecule has 0 spiro atoms. The second-order valence-electron chi connectivity index (χ2n) is 3.14. The van der Waals surface area contributed by atoms with E-state index >= 15 is 0 Å². The predicted molar refractivity (Wildman–Crippen MR) is 60.0 cm³/mol. The van der Waals surface area contributed by atoms with Crippen LogP contribution in [0.25, 0.3) is 11.4 Å². The van der Waals surface area contributed by atoms with Crippen LogP contribution in [0.1, 0.15) is 0 Å². The van der Waals surface area contributed by atoms with Gasteiger partial charge in [-0.2, -0.15) is 0 Å². The summed E-state index contributed by atoms with van der Waals surface area (Å²) in [4.78, 5) is 0. The summed E-state index contributed by atoms with van der Waals surface area (Å²) in [6.07, 6.45) is 0. The zero-order valence-corrected chi connectivity index (χ0v) is 9.85. The Kier molecular flexibility index (Phi) is 3.25. The van der Waals surface area contributed by atoms with Gasteiger partial charge < -0.3 is 5.73 Å². The molecule has 1 aromatic heterocycles. The Morgan fingerprint density at radius 3 is 2.94 bits per heavy atom. The van der Waals surface area contributed by atoms with Crippen molar-refractivity contribution in [2.45, 2.75) is 6.54 Å². The van der Waals surface area contributed by atoms with E-state index < -0.39 is 0 Å². The highest BCUT2D eigenvalue weighted by atomic mass is 79.9. The molecule has 1 heterocycles. The van der Waals surface area contributed by atoms with Crippen molar-refractivity contribution in [2.24, 2.45) is 5.73 Å². The standard InChI is InChI=1S/C9H9BrFN5/c10-7-5-6(1-2-8(7)11)9-13-14-15-16(9)4-3-12/h1-2,5H,3-4,12H2. The van der Waals surface area contributed by atoms with Crippen molar-refractivity contribution in [1.29, 1.82) is 0 Å². The van der Waals surface area contributed by atoms with Crippen LogP contribution in [0.3, 0.4) is 0 Å². The third-order valence-corrected chi connectivity index (χ3v) is 2.66. The molecule has 0 saturated heterocycles. The van der Waals surface area contributed by atoms with E-state index in [0.717, 1.165) is 5.56 Å². The third kappa shape index (κ3) is 2.10. The molecule has 1 aromatic carbocycles. The van der Waals surface area contributed by atoms with Crippen molar-refractivity contribution in [3.8, 4) is 11.4 Å². The molecule has 7 heteroatoms. The Morgan fingerprint density at radius 1 is 1.44 bits per heavy atom. The van der Waals surface area contributed by atoms with Crippen molar-refractivity contribution in [1.82, 2.24) is 20.2 Å². The number of nitrogens with two attached hydrogens (primary N) is 1. The Bertz CT molecular complexity index is 498. The number of rotatable bonds is 3. The molecule has 0 amide bonds. The van der Waals surface area contributed by atoms with Crippen LogP contribution in [0, 0.1) is 5.82 Å². The molecule has 0 fully saturated rings. The summed E-state index contributed by atoms with van der Waals surface area (Å²) in [7, 11) is 0. The molecule has 0 aliphatic heterocycles. The molecule has 0 aliphatic carbocycles. The molecule has 2 aromatic rings. The highest BCUT2D eigenvalue weighted by Crippen LogP contribution is 2.23. The average molecular weight is 286 g/mol. The second kappa shape index (κ2) is 4.67. The summed E-state index contributed by atoms with van der Waals surface area (Å²) >= 11 is 3.12. The highest BCUT2D eigenvalue weighted by molar-refractivity contribution is 9.10. The topological polar surface area (TPSA) is 69.6 Å². The van der Waals surface area contributed by atoms with Crippen molar-refractivity contribution in [2.75, 3.05) is 6.54 Å². The van der Waals surface area contributed by atoms with E-state index in [1.165, 1.54) is 6.07 Å². The van der Waals surface area contributed by atoms with Crippen molar-refractivity contribution in [3.05, 3.63) is 28.5 Å². The highest BCUT2D eigenvalue weighted by Gasteiger charge is 2.09. The fraction of sp³-hybridized carbons (Fsp3) is 0.222. The Labute approximate surface area is 99.6 Å². The molecule has 0 saturated carbocycles. The van der Waals surface area contributed by atoms with Gasteiger partial charge in [0, 0.05) is 12.1 Å². The summed E-state index contributed by atoms with van der Waals surface area (Å²) in [6, 6.07) is 4.62. The lowest BCUT2D eigenvalue weighted by atomic mass is 10.2. The average Bonchev–Trinajstić information content (AvgIpc) is 2.71. The molecular formula is C9H9BrFN5. The fourth-order valence-corrected chi connectivity index (χ4v) is 1.70. The maximum Gasteiger partial charge on any atom is 0.182 e. The first-order chi connectivity index (χ1) is 7.72. The van der Waals surface area contributed by atoms with Crippen LogP contribution in [0.5, 0.6) is 0 Å². The van der Waals surface area contributed by atoms with E-state index in [1.807, 2.05) is 0 Å². The minimum absolute atomic E-state index is 0.318. The van der Waals surface area contributed by atoms with Gasteiger partial charge in [-0.05, 0) is 44.6 Å². The number of benzene rings is 1. The summed E-state index contributed by atoms with van der Waals surface area (Å²) in [5.74, 6) is 0.257. The summed E-state index contributed by atoms with van der Waals surface area (Å²) in [6.45, 7) is 0.970. The minimum Gasteiger partial charge on any atom is -0.329 e. The molecule has 2 N–H and O–H groups in total. The van der Waals surface area contributed by atoms with Gasteiger partial charge in [-0.15, -0.1) is 5.10 Å². The molecular weight excluding hydrogens is 277 g/mol. The molecule has 0 atom stereocenters. The second-order valence-corrected chi connectivity index (χ2v) is 4.00. The van der Waals surface area contributed by atoms with Crippen molar-refractivity contribution >= 4 is 15.9 Å². The van der Waals surface area contributed by atoms with Gasteiger partial charge in [-0.1, -0.05) is 0 Å². The number of tetrazole rings is 1. The Hall–Kier alpha value is -1.34. The molecule has 0 radical (unpaired) electrons. The molecule has 0 aliphatic rings. The lowest BCUT2D eigenvalue weighted by Gasteiger charge is -2.03. The van der Waals surface area contributed by atoms with E-state index in [2.05, 4.69) is 31.5 Å². The van der Waals surface area contributed by atoms with Gasteiger partial charge in [0.05, 0.1) is 11.0 Å². The molecule has 2 rings (SSSR count). The van der Waals surface area contributed by atoms with Gasteiger partial charge in [0.2, 0.25) is 0 Å². The first-order valence-electron chi connectivity index (χ1n) is 4.64. The van der Waals surface area contributed by atoms with E-state index in [9.17, 15) is 4.39 Å². The maximum atomic E-state index is 13.1. The van der Waals surface area contributed by atoms with Gasteiger partial charge in [0.25, 0.3) is 0 Å². The number of hydrogen-bond donors (Lipinski definition) is 1. The van der Waals surface area contributed by atoms with E-state index in [4.69, 9.17) is 5.73 Å². The number of nitrogens with zero attached hydrogens (tertiary/aromatic N) is 4. The van der Waals surface area contributed by atoms with Gasteiger partial charge in [0.15, 0.2) is 5.82 Å². The summed E-state index contributed by atoms with van der Waals surface area (Å²) in [5, 5.41) is 11.2. The molecule has 16 heavy (non-hydrogen) atoms. The van der Waals surface area contributed by atoms with Gasteiger partial charge in [-0.25, -0.2) is 9.07 Å². The largest absolute Gasteiger partial charge is 0.329 e. The quantitative estimate of drug-likeness (QED) is 0.920. The van der Waals surface area contributed by atoms with Crippen LogP contribution >= 0.6 is 15.9 Å². The fourth-order valence-electron chi connectivity index (χ4n) is 1.32. The number of halogens is 2. The molecule has 84 valence electrons. The van der Waals surface area contributed by atoms with Crippen molar-refractivity contribution in [3.63, 3.8) is 0 Å². The van der Waals surface area contributed by atoms with Crippen LogP contribution < -0.4 is 5.73 Å². The van der Waals surface area contributed by atoms with Crippen molar-refractivity contribution < 1.29 is 4.39 Å². The molecule has 0 bridgehead atoms. The minimum atomic E-state index is -0.318. The van der Waals surface area contributed by atoms with E-state index in [1.54, 1.807) is 16.8 Å². The van der Waals surface area contributed by atoms with Crippen LogP contribution in [0.2, 0.25) is 0 Å².